The number of nitrogens with one attached hydrogen (secondary N) is 1. The normalized spacial score (nSPS) is 19.7. The molecule has 0 saturated carbocycles. The molecule has 1 aromatic carbocycles. The third kappa shape index (κ3) is 3.61. The molecule has 1 unspecified atom stereocenters. The summed E-state index contributed by atoms with van der Waals surface area (Å²) in [7, 11) is -1.98. The number of ether oxygens (including phenoxy) is 1. The van der Waals surface area contributed by atoms with Crippen molar-refractivity contribution in [2.45, 2.75) is 25.9 Å². The minimum absolute atomic E-state index is 0.0272. The van der Waals surface area contributed by atoms with E-state index in [4.69, 9.17) is 4.74 Å². The summed E-state index contributed by atoms with van der Waals surface area (Å²) < 4.78 is 31.1. The lowest BCUT2D eigenvalue weighted by atomic mass is 10.2. The Morgan fingerprint density at radius 2 is 2.10 bits per heavy atom. The Hall–Kier alpha value is -1.44. The molecule has 1 aliphatic heterocycles. The van der Waals surface area contributed by atoms with Crippen molar-refractivity contribution < 1.29 is 17.9 Å². The van der Waals surface area contributed by atoms with Gasteiger partial charge in [-0.15, -0.1) is 0 Å². The second kappa shape index (κ2) is 6.55. The van der Waals surface area contributed by atoms with Crippen LogP contribution in [0.2, 0.25) is 0 Å². The Kier molecular flexibility index (Phi) is 4.97. The predicted molar refractivity (Wildman–Crippen MR) is 80.4 cm³/mol. The Balaban J connectivity index is 2.28. The van der Waals surface area contributed by atoms with Crippen molar-refractivity contribution in [3.8, 4) is 0 Å². The van der Waals surface area contributed by atoms with Gasteiger partial charge in [-0.3, -0.25) is 4.79 Å². The van der Waals surface area contributed by atoms with Crippen LogP contribution in [0.15, 0.2) is 24.3 Å². The SMILES string of the molecule is COCCCS(=O)(=O)N1Cc2ccccc2NC(=O)C1C. The molecule has 0 fully saturated rings. The Labute approximate surface area is 125 Å². The van der Waals surface area contributed by atoms with Gasteiger partial charge in [-0.05, 0) is 25.0 Å². The van der Waals surface area contributed by atoms with Gasteiger partial charge in [0.15, 0.2) is 0 Å². The number of rotatable bonds is 5. The first-order valence-corrected chi connectivity index (χ1v) is 8.44. The third-order valence-electron chi connectivity index (χ3n) is 3.52. The van der Waals surface area contributed by atoms with Gasteiger partial charge in [0, 0.05) is 25.9 Å². The molecule has 2 rings (SSSR count). The van der Waals surface area contributed by atoms with E-state index in [9.17, 15) is 13.2 Å². The summed E-state index contributed by atoms with van der Waals surface area (Å²) in [6.45, 7) is 2.19. The number of amides is 1. The summed E-state index contributed by atoms with van der Waals surface area (Å²) in [5.41, 5.74) is 1.47. The van der Waals surface area contributed by atoms with Crippen molar-refractivity contribution in [2.24, 2.45) is 0 Å². The number of anilines is 1. The molecule has 1 atom stereocenters. The summed E-state index contributed by atoms with van der Waals surface area (Å²) in [4.78, 5) is 12.1. The number of fused-ring (bicyclic) bond motifs is 1. The van der Waals surface area contributed by atoms with Crippen LogP contribution in [-0.2, 0) is 26.1 Å². The molecule has 0 spiro atoms. The molecule has 0 radical (unpaired) electrons. The van der Waals surface area contributed by atoms with E-state index in [1.165, 1.54) is 11.4 Å². The highest BCUT2D eigenvalue weighted by Gasteiger charge is 2.34. The minimum Gasteiger partial charge on any atom is -0.385 e. The molecular formula is C14H20N2O4S. The van der Waals surface area contributed by atoms with Gasteiger partial charge in [0.05, 0.1) is 5.75 Å². The summed E-state index contributed by atoms with van der Waals surface area (Å²) in [6, 6.07) is 6.51. The second-order valence-corrected chi connectivity index (χ2v) is 7.07. The van der Waals surface area contributed by atoms with E-state index in [-0.39, 0.29) is 18.2 Å². The van der Waals surface area contributed by atoms with E-state index in [1.54, 1.807) is 13.0 Å². The monoisotopic (exact) mass is 312 g/mol. The lowest BCUT2D eigenvalue weighted by molar-refractivity contribution is -0.119. The molecule has 7 heteroatoms. The van der Waals surface area contributed by atoms with Crippen LogP contribution >= 0.6 is 0 Å². The van der Waals surface area contributed by atoms with Gasteiger partial charge in [0.25, 0.3) is 0 Å². The fraction of sp³-hybridized carbons (Fsp3) is 0.500. The van der Waals surface area contributed by atoms with Crippen LogP contribution in [-0.4, -0.2) is 44.1 Å². The number of hydrogen-bond acceptors (Lipinski definition) is 4. The van der Waals surface area contributed by atoms with Crippen molar-refractivity contribution in [3.05, 3.63) is 29.8 Å². The first kappa shape index (κ1) is 15.9. The van der Waals surface area contributed by atoms with Gasteiger partial charge < -0.3 is 10.1 Å². The molecular weight excluding hydrogens is 292 g/mol. The number of sulfonamides is 1. The van der Waals surface area contributed by atoms with Crippen molar-refractivity contribution in [1.82, 2.24) is 4.31 Å². The molecule has 0 bridgehead atoms. The molecule has 0 saturated heterocycles. The molecule has 1 amide bonds. The highest BCUT2D eigenvalue weighted by Crippen LogP contribution is 2.25. The van der Waals surface area contributed by atoms with Gasteiger partial charge in [-0.2, -0.15) is 4.31 Å². The van der Waals surface area contributed by atoms with Crippen LogP contribution in [0, 0.1) is 0 Å². The average molecular weight is 312 g/mol. The van der Waals surface area contributed by atoms with Crippen molar-refractivity contribution in [3.63, 3.8) is 0 Å². The van der Waals surface area contributed by atoms with E-state index < -0.39 is 16.1 Å². The van der Waals surface area contributed by atoms with Crippen LogP contribution in [0.3, 0.4) is 0 Å². The lowest BCUT2D eigenvalue weighted by Gasteiger charge is -2.24. The van der Waals surface area contributed by atoms with Crippen LogP contribution in [0.25, 0.3) is 0 Å². The standard InChI is InChI=1S/C14H20N2O4S/c1-11-14(17)15-13-7-4-3-6-12(13)10-16(11)21(18,19)9-5-8-20-2/h3-4,6-7,11H,5,8-10H2,1-2H3,(H,15,17). The molecule has 1 N–H and O–H groups in total. The number of carbonyl (C=O) groups excluding carboxylic acids is 1. The van der Waals surface area contributed by atoms with E-state index in [1.807, 2.05) is 18.2 Å². The van der Waals surface area contributed by atoms with Crippen LogP contribution in [0.1, 0.15) is 18.9 Å². The number of benzene rings is 1. The zero-order valence-electron chi connectivity index (χ0n) is 12.2. The third-order valence-corrected chi connectivity index (χ3v) is 5.49. The van der Waals surface area contributed by atoms with Crippen molar-refractivity contribution >= 4 is 21.6 Å². The van der Waals surface area contributed by atoms with Crippen LogP contribution < -0.4 is 5.32 Å². The van der Waals surface area contributed by atoms with E-state index in [2.05, 4.69) is 5.32 Å². The number of methoxy groups -OCH3 is 1. The van der Waals surface area contributed by atoms with Crippen molar-refractivity contribution in [2.75, 3.05) is 24.8 Å². The number of hydrogen-bond donors (Lipinski definition) is 1. The fourth-order valence-corrected chi connectivity index (χ4v) is 3.93. The number of carbonyl (C=O) groups is 1. The average Bonchev–Trinajstić information content (AvgIpc) is 2.57. The Morgan fingerprint density at radius 1 is 1.38 bits per heavy atom. The quantitative estimate of drug-likeness (QED) is 0.829. The molecule has 6 nitrogen and oxygen atoms in total. The molecule has 1 aliphatic rings. The van der Waals surface area contributed by atoms with E-state index in [0.29, 0.717) is 18.7 Å². The van der Waals surface area contributed by atoms with E-state index in [0.717, 1.165) is 5.56 Å². The molecule has 116 valence electrons. The van der Waals surface area contributed by atoms with Crippen molar-refractivity contribution in [1.29, 1.82) is 0 Å². The molecule has 0 aliphatic carbocycles. The van der Waals surface area contributed by atoms with Crippen LogP contribution in [0.5, 0.6) is 0 Å². The van der Waals surface area contributed by atoms with E-state index >= 15 is 0 Å². The summed E-state index contributed by atoms with van der Waals surface area (Å²) in [6.07, 6.45) is 0.408. The first-order chi connectivity index (χ1) is 9.95. The molecule has 1 aromatic rings. The highest BCUT2D eigenvalue weighted by atomic mass is 32.2. The predicted octanol–water partition coefficient (Wildman–Crippen LogP) is 1.20. The fourth-order valence-electron chi connectivity index (χ4n) is 2.30. The van der Waals surface area contributed by atoms with Gasteiger partial charge in [-0.1, -0.05) is 18.2 Å². The zero-order valence-corrected chi connectivity index (χ0v) is 13.0. The maximum absolute atomic E-state index is 12.5. The van der Waals surface area contributed by atoms with Crippen LogP contribution in [0.4, 0.5) is 5.69 Å². The molecule has 1 heterocycles. The lowest BCUT2D eigenvalue weighted by Crippen LogP contribution is -2.44. The largest absolute Gasteiger partial charge is 0.385 e. The molecule has 21 heavy (non-hydrogen) atoms. The summed E-state index contributed by atoms with van der Waals surface area (Å²) in [5.74, 6) is -0.337. The number of para-hydroxylation sites is 1. The maximum atomic E-state index is 12.5. The molecule has 0 aromatic heterocycles. The minimum atomic E-state index is -3.51. The zero-order chi connectivity index (χ0) is 15.5. The Bertz CT molecular complexity index is 615. The number of nitrogens with zero attached hydrogens (tertiary/aromatic N) is 1. The summed E-state index contributed by atoms with van der Waals surface area (Å²) >= 11 is 0. The Morgan fingerprint density at radius 3 is 2.81 bits per heavy atom. The second-order valence-electron chi connectivity index (χ2n) is 5.03. The highest BCUT2D eigenvalue weighted by molar-refractivity contribution is 7.89. The van der Waals surface area contributed by atoms with Gasteiger partial charge in [0.2, 0.25) is 15.9 Å². The topological polar surface area (TPSA) is 75.7 Å². The smallest absolute Gasteiger partial charge is 0.242 e. The first-order valence-electron chi connectivity index (χ1n) is 6.83. The summed E-state index contributed by atoms with van der Waals surface area (Å²) in [5, 5.41) is 2.77. The van der Waals surface area contributed by atoms with Gasteiger partial charge >= 0.3 is 0 Å². The van der Waals surface area contributed by atoms with Gasteiger partial charge in [0.1, 0.15) is 6.04 Å². The maximum Gasteiger partial charge on any atom is 0.242 e. The van der Waals surface area contributed by atoms with Gasteiger partial charge in [-0.25, -0.2) is 8.42 Å².